The zero-order valence-corrected chi connectivity index (χ0v) is 11.9. The molecular formula is C12H12ClNO4S. The van der Waals surface area contributed by atoms with Gasteiger partial charge in [-0.3, -0.25) is 0 Å². The molecule has 0 aliphatic heterocycles. The number of methoxy groups -OCH3 is 2. The van der Waals surface area contributed by atoms with E-state index in [1.807, 2.05) is 0 Å². The molecule has 0 fully saturated rings. The molecule has 0 aromatic heterocycles. The predicted octanol–water partition coefficient (Wildman–Crippen LogP) is 2.27. The summed E-state index contributed by atoms with van der Waals surface area (Å²) in [6.45, 7) is 0. The van der Waals surface area contributed by atoms with Gasteiger partial charge in [-0.1, -0.05) is 17.7 Å². The number of thiol groups is 1. The van der Waals surface area contributed by atoms with Crippen LogP contribution in [0.4, 0.5) is 5.69 Å². The van der Waals surface area contributed by atoms with E-state index in [0.29, 0.717) is 15.6 Å². The monoisotopic (exact) mass is 301 g/mol. The molecule has 1 aromatic carbocycles. The van der Waals surface area contributed by atoms with Gasteiger partial charge in [0.25, 0.3) is 0 Å². The number of para-hydroxylation sites is 1. The SMILES string of the molecule is COC(=O)/C=C(/Nc1c(S)cccc1Cl)C(=O)OC. The van der Waals surface area contributed by atoms with E-state index in [9.17, 15) is 9.59 Å². The lowest BCUT2D eigenvalue weighted by atomic mass is 10.3. The summed E-state index contributed by atoms with van der Waals surface area (Å²) in [7, 11) is 2.40. The molecule has 102 valence electrons. The topological polar surface area (TPSA) is 64.6 Å². The van der Waals surface area contributed by atoms with Crippen molar-refractivity contribution in [3.05, 3.63) is 35.0 Å². The summed E-state index contributed by atoms with van der Waals surface area (Å²) in [4.78, 5) is 23.3. The first kappa shape index (κ1) is 15.4. The van der Waals surface area contributed by atoms with Crippen LogP contribution in [0.1, 0.15) is 0 Å². The van der Waals surface area contributed by atoms with Crippen molar-refractivity contribution in [3.63, 3.8) is 0 Å². The third-order valence-corrected chi connectivity index (χ3v) is 2.81. The van der Waals surface area contributed by atoms with Crippen molar-refractivity contribution >= 4 is 41.9 Å². The Morgan fingerprint density at radius 1 is 1.32 bits per heavy atom. The van der Waals surface area contributed by atoms with Crippen LogP contribution in [-0.2, 0) is 19.1 Å². The highest BCUT2D eigenvalue weighted by Crippen LogP contribution is 2.29. The van der Waals surface area contributed by atoms with Gasteiger partial charge in [0.15, 0.2) is 0 Å². The quantitative estimate of drug-likeness (QED) is 0.507. The normalized spacial score (nSPS) is 10.8. The summed E-state index contributed by atoms with van der Waals surface area (Å²) in [5.41, 5.74) is 0.297. The first-order chi connectivity index (χ1) is 8.99. The van der Waals surface area contributed by atoms with E-state index in [-0.39, 0.29) is 5.70 Å². The minimum Gasteiger partial charge on any atom is -0.466 e. The number of rotatable bonds is 4. The Hall–Kier alpha value is -1.66. The zero-order chi connectivity index (χ0) is 14.4. The highest BCUT2D eigenvalue weighted by Gasteiger charge is 2.15. The average molecular weight is 302 g/mol. The van der Waals surface area contributed by atoms with Crippen LogP contribution >= 0.6 is 24.2 Å². The summed E-state index contributed by atoms with van der Waals surface area (Å²) < 4.78 is 9.02. The number of nitrogens with one attached hydrogen (secondary N) is 1. The number of halogens is 1. The fraction of sp³-hybridized carbons (Fsp3) is 0.167. The minimum atomic E-state index is -0.724. The summed E-state index contributed by atoms with van der Waals surface area (Å²) in [5.74, 6) is -1.42. The lowest BCUT2D eigenvalue weighted by Crippen LogP contribution is -2.16. The number of esters is 2. The molecule has 0 spiro atoms. The molecule has 0 radical (unpaired) electrons. The van der Waals surface area contributed by atoms with Crippen LogP contribution < -0.4 is 5.32 Å². The van der Waals surface area contributed by atoms with E-state index in [1.54, 1.807) is 18.2 Å². The Morgan fingerprint density at radius 3 is 2.53 bits per heavy atom. The number of anilines is 1. The lowest BCUT2D eigenvalue weighted by molar-refractivity contribution is -0.138. The molecular weight excluding hydrogens is 290 g/mol. The molecule has 1 N–H and O–H groups in total. The van der Waals surface area contributed by atoms with Crippen LogP contribution in [-0.4, -0.2) is 26.2 Å². The number of carbonyl (C=O) groups excluding carboxylic acids is 2. The summed E-state index contributed by atoms with van der Waals surface area (Å²) in [6.07, 6.45) is 0.975. The van der Waals surface area contributed by atoms with Gasteiger partial charge in [0.05, 0.1) is 31.0 Å². The van der Waals surface area contributed by atoms with Gasteiger partial charge < -0.3 is 14.8 Å². The maximum absolute atomic E-state index is 11.6. The van der Waals surface area contributed by atoms with Gasteiger partial charge in [-0.15, -0.1) is 12.6 Å². The predicted molar refractivity (Wildman–Crippen MR) is 74.4 cm³/mol. The second-order valence-electron chi connectivity index (χ2n) is 3.33. The molecule has 1 rings (SSSR count). The van der Waals surface area contributed by atoms with E-state index in [2.05, 4.69) is 27.4 Å². The first-order valence-corrected chi connectivity index (χ1v) is 5.94. The molecule has 0 aliphatic rings. The number of hydrogen-bond donors (Lipinski definition) is 2. The molecule has 0 bridgehead atoms. The second-order valence-corrected chi connectivity index (χ2v) is 4.22. The van der Waals surface area contributed by atoms with Crippen LogP contribution in [0.15, 0.2) is 34.9 Å². The highest BCUT2D eigenvalue weighted by atomic mass is 35.5. The zero-order valence-electron chi connectivity index (χ0n) is 10.3. The van der Waals surface area contributed by atoms with Crippen molar-refractivity contribution in [1.82, 2.24) is 0 Å². The van der Waals surface area contributed by atoms with Crippen molar-refractivity contribution in [2.45, 2.75) is 4.90 Å². The molecule has 0 heterocycles. The Balaban J connectivity index is 3.11. The van der Waals surface area contributed by atoms with E-state index in [0.717, 1.165) is 6.08 Å². The molecule has 0 saturated carbocycles. The Bertz CT molecular complexity index is 510. The number of ether oxygens (including phenoxy) is 2. The summed E-state index contributed by atoms with van der Waals surface area (Å²) in [6, 6.07) is 5.01. The average Bonchev–Trinajstić information content (AvgIpc) is 2.40. The van der Waals surface area contributed by atoms with E-state index < -0.39 is 11.9 Å². The smallest absolute Gasteiger partial charge is 0.354 e. The van der Waals surface area contributed by atoms with Gasteiger partial charge in [-0.05, 0) is 12.1 Å². The Labute approximate surface area is 120 Å². The fourth-order valence-electron chi connectivity index (χ4n) is 1.20. The first-order valence-electron chi connectivity index (χ1n) is 5.12. The molecule has 0 saturated heterocycles. The fourth-order valence-corrected chi connectivity index (χ4v) is 1.75. The number of carbonyl (C=O) groups is 2. The molecule has 0 atom stereocenters. The largest absolute Gasteiger partial charge is 0.466 e. The molecule has 0 unspecified atom stereocenters. The van der Waals surface area contributed by atoms with Crippen molar-refractivity contribution in [1.29, 1.82) is 0 Å². The number of benzene rings is 1. The van der Waals surface area contributed by atoms with Crippen LogP contribution in [0, 0.1) is 0 Å². The maximum atomic E-state index is 11.6. The van der Waals surface area contributed by atoms with Crippen molar-refractivity contribution in [3.8, 4) is 0 Å². The van der Waals surface area contributed by atoms with Crippen molar-refractivity contribution < 1.29 is 19.1 Å². The summed E-state index contributed by atoms with van der Waals surface area (Å²) >= 11 is 10.2. The second kappa shape index (κ2) is 7.06. The lowest BCUT2D eigenvalue weighted by Gasteiger charge is -2.12. The molecule has 7 heteroatoms. The van der Waals surface area contributed by atoms with Crippen molar-refractivity contribution in [2.75, 3.05) is 19.5 Å². The third kappa shape index (κ3) is 4.18. The number of hydrogen-bond acceptors (Lipinski definition) is 6. The van der Waals surface area contributed by atoms with Gasteiger partial charge in [0.1, 0.15) is 5.70 Å². The van der Waals surface area contributed by atoms with Crippen molar-refractivity contribution in [2.24, 2.45) is 0 Å². The van der Waals surface area contributed by atoms with Crippen LogP contribution in [0.5, 0.6) is 0 Å². The van der Waals surface area contributed by atoms with Gasteiger partial charge in [0, 0.05) is 4.90 Å². The van der Waals surface area contributed by atoms with Gasteiger partial charge >= 0.3 is 11.9 Å². The van der Waals surface area contributed by atoms with Crippen LogP contribution in [0.2, 0.25) is 5.02 Å². The molecule has 1 aromatic rings. The molecule has 5 nitrogen and oxygen atoms in total. The summed E-state index contributed by atoms with van der Waals surface area (Å²) in [5, 5.41) is 3.06. The minimum absolute atomic E-state index is 0.0993. The molecule has 0 amide bonds. The van der Waals surface area contributed by atoms with E-state index in [4.69, 9.17) is 11.6 Å². The standard InChI is InChI=1S/C12H12ClNO4S/c1-17-10(15)6-8(12(16)18-2)14-11-7(13)4-3-5-9(11)19/h3-6,14,19H,1-2H3/b8-6+. The van der Waals surface area contributed by atoms with E-state index >= 15 is 0 Å². The highest BCUT2D eigenvalue weighted by molar-refractivity contribution is 7.80. The molecule has 0 aliphatic carbocycles. The Kier molecular flexibility index (Phi) is 5.72. The molecule has 19 heavy (non-hydrogen) atoms. The third-order valence-electron chi connectivity index (χ3n) is 2.12. The van der Waals surface area contributed by atoms with E-state index in [1.165, 1.54) is 14.2 Å². The Morgan fingerprint density at radius 2 is 2.00 bits per heavy atom. The van der Waals surface area contributed by atoms with Crippen LogP contribution in [0.3, 0.4) is 0 Å². The van der Waals surface area contributed by atoms with Gasteiger partial charge in [-0.25, -0.2) is 9.59 Å². The van der Waals surface area contributed by atoms with Crippen LogP contribution in [0.25, 0.3) is 0 Å². The van der Waals surface area contributed by atoms with Gasteiger partial charge in [-0.2, -0.15) is 0 Å². The maximum Gasteiger partial charge on any atom is 0.354 e. The van der Waals surface area contributed by atoms with Gasteiger partial charge in [0.2, 0.25) is 0 Å².